The number of rotatable bonds is 4. The first kappa shape index (κ1) is 13.5. The van der Waals surface area contributed by atoms with E-state index in [0.717, 1.165) is 0 Å². The number of nitrogens with one attached hydrogen (secondary N) is 1. The van der Waals surface area contributed by atoms with Crippen molar-refractivity contribution in [3.8, 4) is 5.75 Å². The smallest absolute Gasteiger partial charge is 0.339 e. The van der Waals surface area contributed by atoms with E-state index in [0.29, 0.717) is 0 Å². The minimum Gasteiger partial charge on any atom is -0.480 e. The number of hydrogen-bond donors (Lipinski definition) is 3. The van der Waals surface area contributed by atoms with Gasteiger partial charge in [-0.15, -0.1) is 0 Å². The third kappa shape index (κ3) is 3.48. The third-order valence-electron chi connectivity index (χ3n) is 2.04. The fraction of sp³-hybridized carbons (Fsp3) is 0.182. The van der Waals surface area contributed by atoms with Gasteiger partial charge < -0.3 is 15.6 Å². The van der Waals surface area contributed by atoms with E-state index in [1.54, 1.807) is 6.07 Å². The highest BCUT2D eigenvalue weighted by atomic mass is 16.5. The molecule has 7 heteroatoms. The lowest BCUT2D eigenvalue weighted by molar-refractivity contribution is -0.126. The SMILES string of the molecule is CC(Oc1ccccc1C(=O)O)C(=O)NC(N)=O. The molecule has 0 aliphatic carbocycles. The largest absolute Gasteiger partial charge is 0.480 e. The van der Waals surface area contributed by atoms with Crippen LogP contribution < -0.4 is 15.8 Å². The van der Waals surface area contributed by atoms with Crippen molar-refractivity contribution in [2.45, 2.75) is 13.0 Å². The number of benzene rings is 1. The standard InChI is InChI=1S/C11H12N2O5/c1-6(9(14)13-11(12)17)18-8-5-3-2-4-7(8)10(15)16/h2-6H,1H3,(H,15,16)(H3,12,13,14,17). The van der Waals surface area contributed by atoms with Crippen molar-refractivity contribution in [1.82, 2.24) is 5.32 Å². The fourth-order valence-corrected chi connectivity index (χ4v) is 1.21. The van der Waals surface area contributed by atoms with Crippen LogP contribution in [-0.2, 0) is 4.79 Å². The van der Waals surface area contributed by atoms with E-state index in [2.05, 4.69) is 0 Å². The molecule has 0 saturated carbocycles. The number of nitrogens with two attached hydrogens (primary N) is 1. The first-order valence-electron chi connectivity index (χ1n) is 5.01. The maximum absolute atomic E-state index is 11.4. The number of carbonyl (C=O) groups is 3. The summed E-state index contributed by atoms with van der Waals surface area (Å²) in [4.78, 5) is 32.7. The molecule has 1 atom stereocenters. The van der Waals surface area contributed by atoms with Crippen LogP contribution in [-0.4, -0.2) is 29.1 Å². The van der Waals surface area contributed by atoms with Gasteiger partial charge in [0, 0.05) is 0 Å². The molecule has 4 N–H and O–H groups in total. The summed E-state index contributed by atoms with van der Waals surface area (Å²) in [5.41, 5.74) is 4.71. The summed E-state index contributed by atoms with van der Waals surface area (Å²) < 4.78 is 5.17. The van der Waals surface area contributed by atoms with Crippen LogP contribution in [0, 0.1) is 0 Å². The molecule has 0 heterocycles. The molecule has 96 valence electrons. The first-order chi connectivity index (χ1) is 8.41. The molecule has 1 aromatic rings. The molecule has 0 aliphatic rings. The first-order valence-corrected chi connectivity index (χ1v) is 5.01. The number of primary amides is 1. The minimum atomic E-state index is -1.17. The molecule has 1 aromatic carbocycles. The summed E-state index contributed by atoms with van der Waals surface area (Å²) >= 11 is 0. The normalized spacial score (nSPS) is 11.4. The van der Waals surface area contributed by atoms with E-state index in [1.807, 2.05) is 5.32 Å². The molecule has 7 nitrogen and oxygen atoms in total. The molecule has 0 bridgehead atoms. The number of carbonyl (C=O) groups excluding carboxylic acids is 2. The molecule has 0 fully saturated rings. The molecular formula is C11H12N2O5. The fourth-order valence-electron chi connectivity index (χ4n) is 1.21. The molecule has 0 radical (unpaired) electrons. The predicted molar refractivity (Wildman–Crippen MR) is 61.2 cm³/mol. The van der Waals surface area contributed by atoms with Crippen molar-refractivity contribution < 1.29 is 24.2 Å². The number of carboxylic acids is 1. The van der Waals surface area contributed by atoms with Crippen molar-refractivity contribution in [3.63, 3.8) is 0 Å². The van der Waals surface area contributed by atoms with E-state index in [9.17, 15) is 14.4 Å². The molecule has 0 saturated heterocycles. The lowest BCUT2D eigenvalue weighted by Gasteiger charge is -2.14. The molecule has 1 unspecified atom stereocenters. The second-order valence-electron chi connectivity index (χ2n) is 3.41. The van der Waals surface area contributed by atoms with Crippen LogP contribution in [0.15, 0.2) is 24.3 Å². The second-order valence-corrected chi connectivity index (χ2v) is 3.41. The average Bonchev–Trinajstić information content (AvgIpc) is 2.28. The number of urea groups is 1. The maximum Gasteiger partial charge on any atom is 0.339 e. The van der Waals surface area contributed by atoms with E-state index in [4.69, 9.17) is 15.6 Å². The molecule has 0 aliphatic heterocycles. The highest BCUT2D eigenvalue weighted by Crippen LogP contribution is 2.19. The topological polar surface area (TPSA) is 119 Å². The van der Waals surface area contributed by atoms with Gasteiger partial charge in [0.1, 0.15) is 11.3 Å². The van der Waals surface area contributed by atoms with Gasteiger partial charge in [0.2, 0.25) is 0 Å². The molecule has 3 amide bonds. The Labute approximate surface area is 103 Å². The molecule has 1 rings (SSSR count). The Bertz CT molecular complexity index is 486. The highest BCUT2D eigenvalue weighted by molar-refractivity contribution is 5.96. The summed E-state index contributed by atoms with van der Waals surface area (Å²) in [5.74, 6) is -1.88. The predicted octanol–water partition coefficient (Wildman–Crippen LogP) is 0.347. The minimum absolute atomic E-state index is 0.0390. The Morgan fingerprint density at radius 2 is 1.94 bits per heavy atom. The number of imide groups is 1. The van der Waals surface area contributed by atoms with Gasteiger partial charge in [0.25, 0.3) is 5.91 Å². The summed E-state index contributed by atoms with van der Waals surface area (Å²) in [6.45, 7) is 1.37. The Kier molecular flexibility index (Phi) is 4.25. The Balaban J connectivity index is 2.81. The lowest BCUT2D eigenvalue weighted by Crippen LogP contribution is -2.42. The Morgan fingerprint density at radius 3 is 2.50 bits per heavy atom. The van der Waals surface area contributed by atoms with Gasteiger partial charge in [-0.3, -0.25) is 10.1 Å². The maximum atomic E-state index is 11.4. The van der Waals surface area contributed by atoms with Crippen LogP contribution in [0.3, 0.4) is 0 Å². The second kappa shape index (κ2) is 5.67. The Morgan fingerprint density at radius 1 is 1.33 bits per heavy atom. The average molecular weight is 252 g/mol. The molecule has 18 heavy (non-hydrogen) atoms. The molecule has 0 spiro atoms. The van der Waals surface area contributed by atoms with Crippen LogP contribution in [0.25, 0.3) is 0 Å². The zero-order valence-electron chi connectivity index (χ0n) is 9.54. The number of para-hydroxylation sites is 1. The summed E-state index contributed by atoms with van der Waals surface area (Å²) in [5, 5.41) is 10.7. The number of hydrogen-bond acceptors (Lipinski definition) is 4. The zero-order chi connectivity index (χ0) is 13.7. The van der Waals surface area contributed by atoms with Crippen LogP contribution >= 0.6 is 0 Å². The van der Waals surface area contributed by atoms with Crippen LogP contribution in [0.2, 0.25) is 0 Å². The quantitative estimate of drug-likeness (QED) is 0.714. The third-order valence-corrected chi connectivity index (χ3v) is 2.04. The van der Waals surface area contributed by atoms with Gasteiger partial charge in [-0.05, 0) is 19.1 Å². The van der Waals surface area contributed by atoms with Crippen molar-refractivity contribution in [2.24, 2.45) is 5.73 Å². The van der Waals surface area contributed by atoms with Crippen molar-refractivity contribution in [2.75, 3.05) is 0 Å². The highest BCUT2D eigenvalue weighted by Gasteiger charge is 2.19. The van der Waals surface area contributed by atoms with Crippen LogP contribution in [0.4, 0.5) is 4.79 Å². The van der Waals surface area contributed by atoms with Gasteiger partial charge in [-0.1, -0.05) is 12.1 Å². The van der Waals surface area contributed by atoms with E-state index >= 15 is 0 Å². The van der Waals surface area contributed by atoms with Crippen LogP contribution in [0.1, 0.15) is 17.3 Å². The van der Waals surface area contributed by atoms with Crippen molar-refractivity contribution >= 4 is 17.9 Å². The molecular weight excluding hydrogens is 240 g/mol. The number of carboxylic acid groups (broad SMARTS) is 1. The van der Waals surface area contributed by atoms with Crippen molar-refractivity contribution in [3.05, 3.63) is 29.8 Å². The molecule has 0 aromatic heterocycles. The van der Waals surface area contributed by atoms with E-state index < -0.39 is 24.0 Å². The van der Waals surface area contributed by atoms with Gasteiger partial charge in [0.05, 0.1) is 0 Å². The number of aromatic carboxylic acids is 1. The van der Waals surface area contributed by atoms with Gasteiger partial charge in [0.15, 0.2) is 6.10 Å². The summed E-state index contributed by atoms with van der Waals surface area (Å²) in [7, 11) is 0. The van der Waals surface area contributed by atoms with Gasteiger partial charge >= 0.3 is 12.0 Å². The zero-order valence-corrected chi connectivity index (χ0v) is 9.54. The van der Waals surface area contributed by atoms with E-state index in [-0.39, 0.29) is 11.3 Å². The Hall–Kier alpha value is -2.57. The number of ether oxygens (including phenoxy) is 1. The summed E-state index contributed by atoms with van der Waals surface area (Å²) in [6, 6.07) is 4.86. The van der Waals surface area contributed by atoms with Crippen LogP contribution in [0.5, 0.6) is 5.75 Å². The van der Waals surface area contributed by atoms with Gasteiger partial charge in [-0.2, -0.15) is 0 Å². The number of amides is 3. The van der Waals surface area contributed by atoms with E-state index in [1.165, 1.54) is 25.1 Å². The van der Waals surface area contributed by atoms with Gasteiger partial charge in [-0.25, -0.2) is 9.59 Å². The summed E-state index contributed by atoms with van der Waals surface area (Å²) in [6.07, 6.45) is -1.04. The van der Waals surface area contributed by atoms with Crippen molar-refractivity contribution in [1.29, 1.82) is 0 Å². The monoisotopic (exact) mass is 252 g/mol. The lowest BCUT2D eigenvalue weighted by atomic mass is 10.2.